The molecule has 0 heterocycles. The molecule has 0 aromatic carbocycles. The molecule has 4 aliphatic rings. The van der Waals surface area contributed by atoms with Crippen LogP contribution in [0.15, 0.2) is 24.3 Å². The van der Waals surface area contributed by atoms with Gasteiger partial charge >= 0.3 is 0 Å². The minimum absolute atomic E-state index is 0.134. The molecule has 32 heavy (non-hydrogen) atoms. The summed E-state index contributed by atoms with van der Waals surface area (Å²) in [5.41, 5.74) is 3.88. The average Bonchev–Trinajstić information content (AvgIpc) is 3.00. The first-order valence-corrected chi connectivity index (χ1v) is 13.7. The van der Waals surface area contributed by atoms with Crippen LogP contribution in [-0.4, -0.2) is 5.78 Å². The van der Waals surface area contributed by atoms with Gasteiger partial charge in [-0.25, -0.2) is 0 Å². The lowest BCUT2D eigenvalue weighted by Gasteiger charge is -2.66. The van der Waals surface area contributed by atoms with E-state index in [1.807, 2.05) is 0 Å². The molecule has 0 aromatic rings. The zero-order chi connectivity index (χ0) is 23.7. The third-order valence-electron chi connectivity index (χ3n) is 12.3. The predicted octanol–water partition coefficient (Wildman–Crippen LogP) is 8.79. The third kappa shape index (κ3) is 3.26. The van der Waals surface area contributed by atoms with E-state index in [-0.39, 0.29) is 5.41 Å². The summed E-state index contributed by atoms with van der Waals surface area (Å²) in [5, 5.41) is 0. The Balaban J connectivity index is 1.57. The highest BCUT2D eigenvalue weighted by atomic mass is 16.1. The Bertz CT molecular complexity index is 801. The highest BCUT2D eigenvalue weighted by Gasteiger charge is 2.67. The highest BCUT2D eigenvalue weighted by molar-refractivity contribution is 5.85. The van der Waals surface area contributed by atoms with Gasteiger partial charge in [-0.15, -0.1) is 0 Å². The van der Waals surface area contributed by atoms with Crippen LogP contribution in [0.2, 0.25) is 0 Å². The number of hydrogen-bond donors (Lipinski definition) is 0. The van der Waals surface area contributed by atoms with Crippen LogP contribution >= 0.6 is 0 Å². The van der Waals surface area contributed by atoms with Crippen molar-refractivity contribution in [2.75, 3.05) is 0 Å². The number of Topliss-reactive ketones (excluding diaryl/α,β-unsaturated/α-hetero) is 1. The van der Waals surface area contributed by atoms with E-state index in [9.17, 15) is 4.79 Å². The van der Waals surface area contributed by atoms with Crippen LogP contribution < -0.4 is 0 Å². The van der Waals surface area contributed by atoms with E-state index >= 15 is 0 Å². The molecule has 0 spiro atoms. The first-order valence-electron chi connectivity index (χ1n) is 13.7. The van der Waals surface area contributed by atoms with Crippen molar-refractivity contribution >= 4 is 5.78 Å². The van der Waals surface area contributed by atoms with Crippen LogP contribution in [0.4, 0.5) is 0 Å². The summed E-state index contributed by atoms with van der Waals surface area (Å²) >= 11 is 0. The van der Waals surface area contributed by atoms with Crippen molar-refractivity contribution in [1.29, 1.82) is 0 Å². The summed E-state index contributed by atoms with van der Waals surface area (Å²) in [5.74, 6) is 3.94. The molecule has 4 saturated carbocycles. The number of ketones is 1. The van der Waals surface area contributed by atoms with Gasteiger partial charge in [0.05, 0.1) is 0 Å². The largest absolute Gasteiger partial charge is 0.299 e. The molecule has 1 nitrogen and oxygen atoms in total. The van der Waals surface area contributed by atoms with Crippen molar-refractivity contribution in [2.24, 2.45) is 51.2 Å². The van der Waals surface area contributed by atoms with Gasteiger partial charge in [0, 0.05) is 11.8 Å². The second kappa shape index (κ2) is 7.84. The molecule has 4 fully saturated rings. The van der Waals surface area contributed by atoms with Gasteiger partial charge in [-0.3, -0.25) is 4.79 Å². The minimum atomic E-state index is -0.134. The maximum atomic E-state index is 12.8. The molecule has 4 rings (SSSR count). The van der Waals surface area contributed by atoms with Crippen LogP contribution in [-0.2, 0) is 4.79 Å². The fourth-order valence-corrected chi connectivity index (χ4v) is 9.74. The summed E-state index contributed by atoms with van der Waals surface area (Å²) in [7, 11) is 0. The van der Waals surface area contributed by atoms with E-state index in [1.165, 1.54) is 49.7 Å². The van der Waals surface area contributed by atoms with Crippen molar-refractivity contribution in [3.8, 4) is 0 Å². The molecule has 0 aromatic heterocycles. The lowest BCUT2D eigenvalue weighted by molar-refractivity contribution is -0.180. The Morgan fingerprint density at radius 1 is 0.875 bits per heavy atom. The van der Waals surface area contributed by atoms with Crippen molar-refractivity contribution in [3.05, 3.63) is 24.3 Å². The van der Waals surface area contributed by atoms with Gasteiger partial charge in [0.1, 0.15) is 5.78 Å². The van der Waals surface area contributed by atoms with Crippen molar-refractivity contribution in [2.45, 2.75) is 113 Å². The molecular weight excluding hydrogens is 388 g/mol. The van der Waals surface area contributed by atoms with Crippen LogP contribution in [0.25, 0.3) is 0 Å². The van der Waals surface area contributed by atoms with Gasteiger partial charge in [0.2, 0.25) is 0 Å². The number of hydrogen-bond acceptors (Lipinski definition) is 1. The third-order valence-corrected chi connectivity index (χ3v) is 12.3. The van der Waals surface area contributed by atoms with Gasteiger partial charge in [0.25, 0.3) is 0 Å². The number of rotatable bonds is 5. The fourth-order valence-electron chi connectivity index (χ4n) is 9.74. The fraction of sp³-hybridized carbons (Fsp3) is 0.839. The molecule has 0 aliphatic heterocycles. The molecule has 0 N–H and O–H groups in total. The van der Waals surface area contributed by atoms with Crippen molar-refractivity contribution < 1.29 is 4.79 Å². The number of fused-ring (bicyclic) bond motifs is 5. The van der Waals surface area contributed by atoms with E-state index in [1.54, 1.807) is 0 Å². The van der Waals surface area contributed by atoms with Gasteiger partial charge in [-0.05, 0) is 104 Å². The van der Waals surface area contributed by atoms with Crippen LogP contribution in [0, 0.1) is 51.2 Å². The lowest BCUT2D eigenvalue weighted by atomic mass is 9.38. The summed E-state index contributed by atoms with van der Waals surface area (Å²) in [6.45, 7) is 25.9. The zero-order valence-corrected chi connectivity index (χ0v) is 22.3. The minimum Gasteiger partial charge on any atom is -0.299 e. The van der Waals surface area contributed by atoms with E-state index < -0.39 is 0 Å². The molecule has 0 amide bonds. The Hall–Kier alpha value is -0.850. The van der Waals surface area contributed by atoms with Gasteiger partial charge in [0.15, 0.2) is 0 Å². The van der Waals surface area contributed by atoms with E-state index in [4.69, 9.17) is 0 Å². The maximum absolute atomic E-state index is 12.8. The van der Waals surface area contributed by atoms with Crippen LogP contribution in [0.1, 0.15) is 113 Å². The van der Waals surface area contributed by atoms with E-state index in [0.717, 1.165) is 37.5 Å². The van der Waals surface area contributed by atoms with Gasteiger partial charge < -0.3 is 0 Å². The SMILES string of the molecule is C=C(CCC(=C)[C@H]1CC[C@]2(C)[C@@H]3CC[C@H]4C(C)(C)C(=O)CC[C@@]4(C)[C@H]3CC[C@@]12C)C(C)C. The second-order valence-corrected chi connectivity index (χ2v) is 13.9. The maximum Gasteiger partial charge on any atom is 0.138 e. The molecule has 1 heteroatoms. The van der Waals surface area contributed by atoms with Crippen molar-refractivity contribution in [3.63, 3.8) is 0 Å². The summed E-state index contributed by atoms with van der Waals surface area (Å²) < 4.78 is 0. The smallest absolute Gasteiger partial charge is 0.138 e. The normalized spacial score (nSPS) is 45.2. The Kier molecular flexibility index (Phi) is 5.95. The van der Waals surface area contributed by atoms with Gasteiger partial charge in [-0.1, -0.05) is 72.8 Å². The molecule has 180 valence electrons. The zero-order valence-electron chi connectivity index (χ0n) is 22.3. The topological polar surface area (TPSA) is 17.1 Å². The number of allylic oxidation sites excluding steroid dienone is 2. The highest BCUT2D eigenvalue weighted by Crippen LogP contribution is 2.74. The molecular formula is C31H50O. The Morgan fingerprint density at radius 2 is 1.53 bits per heavy atom. The molecule has 4 aliphatic carbocycles. The lowest BCUT2D eigenvalue weighted by Crippen LogP contribution is -2.60. The summed E-state index contributed by atoms with van der Waals surface area (Å²) in [4.78, 5) is 12.8. The second-order valence-electron chi connectivity index (χ2n) is 13.9. The van der Waals surface area contributed by atoms with Crippen molar-refractivity contribution in [1.82, 2.24) is 0 Å². The molecule has 7 atom stereocenters. The number of carbonyl (C=O) groups excluding carboxylic acids is 1. The Labute approximate surface area is 198 Å². The van der Waals surface area contributed by atoms with E-state index in [0.29, 0.717) is 39.8 Å². The number of carbonyl (C=O) groups is 1. The standard InChI is InChI=1S/C31H50O/c1-20(2)21(3)10-11-22(4)23-14-18-31(9)25-12-13-26-28(5,6)27(32)16-17-29(26,7)24(25)15-19-30(23,31)8/h20,23-26H,3-4,10-19H2,1-2,5-9H3/t23-,24+,25-,26+,29+,30+,31-/m1/s1. The predicted molar refractivity (Wildman–Crippen MR) is 136 cm³/mol. The van der Waals surface area contributed by atoms with E-state index in [2.05, 4.69) is 61.6 Å². The quantitative estimate of drug-likeness (QED) is 0.392. The molecule has 0 saturated heterocycles. The van der Waals surface area contributed by atoms with Crippen LogP contribution in [0.5, 0.6) is 0 Å². The van der Waals surface area contributed by atoms with Gasteiger partial charge in [-0.2, -0.15) is 0 Å². The molecule has 0 radical (unpaired) electrons. The summed E-state index contributed by atoms with van der Waals surface area (Å²) in [6, 6.07) is 0. The van der Waals surface area contributed by atoms with Crippen LogP contribution in [0.3, 0.4) is 0 Å². The summed E-state index contributed by atoms with van der Waals surface area (Å²) in [6.07, 6.45) is 12.1. The molecule has 0 bridgehead atoms. The average molecular weight is 439 g/mol. The first-order chi connectivity index (χ1) is 14.8. The Morgan fingerprint density at radius 3 is 2.19 bits per heavy atom. The molecule has 0 unspecified atom stereocenters. The monoisotopic (exact) mass is 438 g/mol. The first kappa shape index (κ1) is 24.3.